The summed E-state index contributed by atoms with van der Waals surface area (Å²) in [5.74, 6) is 6.73. The number of rotatable bonds is 3. The summed E-state index contributed by atoms with van der Waals surface area (Å²) in [5.41, 5.74) is 1.97. The van der Waals surface area contributed by atoms with E-state index in [4.69, 9.17) is 9.84 Å². The van der Waals surface area contributed by atoms with Crippen molar-refractivity contribution in [3.63, 3.8) is 0 Å². The number of nitrogens with zero attached hydrogens (tertiary/aromatic N) is 1. The third kappa shape index (κ3) is 4.21. The minimum Gasteiger partial charge on any atom is -0.496 e. The minimum atomic E-state index is -0.190. The van der Waals surface area contributed by atoms with Crippen molar-refractivity contribution in [3.05, 3.63) is 29.3 Å². The number of aliphatic hydroxyl groups excluding tert-OH is 2. The van der Waals surface area contributed by atoms with E-state index in [0.29, 0.717) is 5.92 Å². The molecule has 0 aliphatic carbocycles. The van der Waals surface area contributed by atoms with E-state index in [1.807, 2.05) is 18.2 Å². The number of piperidine rings is 1. The molecule has 1 aliphatic rings. The van der Waals surface area contributed by atoms with Gasteiger partial charge in [-0.3, -0.25) is 4.90 Å². The maximum Gasteiger partial charge on any atom is 0.123 e. The van der Waals surface area contributed by atoms with Crippen molar-refractivity contribution in [2.24, 2.45) is 5.92 Å². The molecule has 1 saturated heterocycles. The summed E-state index contributed by atoms with van der Waals surface area (Å²) in [6, 6.07) is 5.82. The molecule has 0 bridgehead atoms. The number of aliphatic hydroxyl groups is 2. The van der Waals surface area contributed by atoms with Crippen LogP contribution < -0.4 is 4.74 Å². The highest BCUT2D eigenvalue weighted by molar-refractivity contribution is 5.44. The Hall–Kier alpha value is -1.54. The smallest absolute Gasteiger partial charge is 0.123 e. The van der Waals surface area contributed by atoms with Gasteiger partial charge in [0.05, 0.1) is 13.2 Å². The van der Waals surface area contributed by atoms with Crippen LogP contribution in [0.3, 0.4) is 0 Å². The first kappa shape index (κ1) is 15.8. The van der Waals surface area contributed by atoms with Crippen molar-refractivity contribution in [1.29, 1.82) is 0 Å². The highest BCUT2D eigenvalue weighted by Gasteiger charge is 2.24. The predicted octanol–water partition coefficient (Wildman–Crippen LogP) is 1.24. The van der Waals surface area contributed by atoms with Crippen molar-refractivity contribution in [3.8, 4) is 17.6 Å². The third-order valence-corrected chi connectivity index (χ3v) is 3.93. The van der Waals surface area contributed by atoms with Crippen molar-refractivity contribution in [2.45, 2.75) is 26.0 Å². The summed E-state index contributed by atoms with van der Waals surface area (Å²) in [6.07, 6.45) is 0.623. The van der Waals surface area contributed by atoms with E-state index >= 15 is 0 Å². The molecule has 0 spiro atoms. The van der Waals surface area contributed by atoms with E-state index in [1.54, 1.807) is 7.11 Å². The lowest BCUT2D eigenvalue weighted by Gasteiger charge is -2.34. The SMILES string of the molecule is COc1ccc(C#CCO)cc1CN1CCC(O)C(C)C1. The molecule has 1 aliphatic heterocycles. The van der Waals surface area contributed by atoms with E-state index < -0.39 is 0 Å². The molecule has 0 aromatic heterocycles. The van der Waals surface area contributed by atoms with Gasteiger partial charge in [-0.25, -0.2) is 0 Å². The zero-order valence-corrected chi connectivity index (χ0v) is 12.7. The Balaban J connectivity index is 2.13. The minimum absolute atomic E-state index is 0.136. The first-order chi connectivity index (χ1) is 10.1. The summed E-state index contributed by atoms with van der Waals surface area (Å²) >= 11 is 0. The molecule has 4 heteroatoms. The van der Waals surface area contributed by atoms with Crippen LogP contribution in [0.5, 0.6) is 5.75 Å². The van der Waals surface area contributed by atoms with Gasteiger partial charge in [-0.05, 0) is 30.5 Å². The number of methoxy groups -OCH3 is 1. The van der Waals surface area contributed by atoms with Crippen LogP contribution in [-0.2, 0) is 6.54 Å². The monoisotopic (exact) mass is 289 g/mol. The fourth-order valence-corrected chi connectivity index (χ4v) is 2.73. The Morgan fingerprint density at radius 3 is 2.90 bits per heavy atom. The van der Waals surface area contributed by atoms with E-state index in [1.165, 1.54) is 0 Å². The Morgan fingerprint density at radius 1 is 1.43 bits per heavy atom. The van der Waals surface area contributed by atoms with Crippen LogP contribution >= 0.6 is 0 Å². The van der Waals surface area contributed by atoms with Crippen LogP contribution in [0, 0.1) is 17.8 Å². The molecule has 2 rings (SSSR count). The first-order valence-corrected chi connectivity index (χ1v) is 7.31. The molecule has 1 fully saturated rings. The van der Waals surface area contributed by atoms with E-state index in [9.17, 15) is 5.11 Å². The average molecular weight is 289 g/mol. The fraction of sp³-hybridized carbons (Fsp3) is 0.529. The standard InChI is InChI=1S/C17H23NO3/c1-13-11-18(8-7-16(13)20)12-15-10-14(4-3-9-19)5-6-17(15)21-2/h5-6,10,13,16,19-20H,7-9,11-12H2,1-2H3. The number of benzene rings is 1. The summed E-state index contributed by atoms with van der Waals surface area (Å²) in [4.78, 5) is 2.33. The second-order valence-corrected chi connectivity index (χ2v) is 5.55. The van der Waals surface area contributed by atoms with Gasteiger partial charge >= 0.3 is 0 Å². The largest absolute Gasteiger partial charge is 0.496 e. The molecule has 21 heavy (non-hydrogen) atoms. The number of hydrogen-bond acceptors (Lipinski definition) is 4. The summed E-state index contributed by atoms with van der Waals surface area (Å²) in [6.45, 7) is 4.51. The van der Waals surface area contributed by atoms with Crippen molar-refractivity contribution >= 4 is 0 Å². The second kappa shape index (κ2) is 7.46. The molecule has 1 aromatic rings. The lowest BCUT2D eigenvalue weighted by molar-refractivity contribution is 0.0318. The summed E-state index contributed by atoms with van der Waals surface area (Å²) in [5, 5.41) is 18.6. The number of likely N-dealkylation sites (tertiary alicyclic amines) is 1. The van der Waals surface area contributed by atoms with Gasteiger partial charge in [0.1, 0.15) is 12.4 Å². The van der Waals surface area contributed by atoms with Gasteiger partial charge in [-0.2, -0.15) is 0 Å². The van der Waals surface area contributed by atoms with Crippen LogP contribution in [0.4, 0.5) is 0 Å². The highest BCUT2D eigenvalue weighted by Crippen LogP contribution is 2.24. The fourth-order valence-electron chi connectivity index (χ4n) is 2.73. The Morgan fingerprint density at radius 2 is 2.24 bits per heavy atom. The van der Waals surface area contributed by atoms with Crippen LogP contribution in [-0.4, -0.2) is 48.0 Å². The van der Waals surface area contributed by atoms with Crippen LogP contribution in [0.25, 0.3) is 0 Å². The zero-order chi connectivity index (χ0) is 15.2. The maximum atomic E-state index is 9.81. The zero-order valence-electron chi connectivity index (χ0n) is 12.7. The van der Waals surface area contributed by atoms with Gasteiger partial charge < -0.3 is 14.9 Å². The lowest BCUT2D eigenvalue weighted by atomic mass is 9.96. The van der Waals surface area contributed by atoms with E-state index in [2.05, 4.69) is 23.7 Å². The maximum absolute atomic E-state index is 9.81. The molecule has 0 saturated carbocycles. The Kier molecular flexibility index (Phi) is 5.63. The summed E-state index contributed by atoms with van der Waals surface area (Å²) in [7, 11) is 1.67. The van der Waals surface area contributed by atoms with Crippen LogP contribution in [0.15, 0.2) is 18.2 Å². The molecule has 0 radical (unpaired) electrons. The van der Waals surface area contributed by atoms with Gasteiger partial charge in [0.2, 0.25) is 0 Å². The lowest BCUT2D eigenvalue weighted by Crippen LogP contribution is -2.41. The van der Waals surface area contributed by atoms with Gasteiger partial charge in [0.25, 0.3) is 0 Å². The van der Waals surface area contributed by atoms with Gasteiger partial charge in [0.15, 0.2) is 0 Å². The van der Waals surface area contributed by atoms with Gasteiger partial charge in [0, 0.05) is 30.8 Å². The molecule has 2 atom stereocenters. The van der Waals surface area contributed by atoms with E-state index in [0.717, 1.165) is 42.9 Å². The highest BCUT2D eigenvalue weighted by atomic mass is 16.5. The van der Waals surface area contributed by atoms with Crippen LogP contribution in [0.1, 0.15) is 24.5 Å². The van der Waals surface area contributed by atoms with E-state index in [-0.39, 0.29) is 12.7 Å². The average Bonchev–Trinajstić information content (AvgIpc) is 2.49. The molecule has 0 amide bonds. The predicted molar refractivity (Wildman–Crippen MR) is 82.0 cm³/mol. The number of ether oxygens (including phenoxy) is 1. The van der Waals surface area contributed by atoms with Crippen LogP contribution in [0.2, 0.25) is 0 Å². The molecule has 2 unspecified atom stereocenters. The van der Waals surface area contributed by atoms with Crippen molar-refractivity contribution in [2.75, 3.05) is 26.8 Å². The molecular weight excluding hydrogens is 266 g/mol. The normalized spacial score (nSPS) is 22.5. The van der Waals surface area contributed by atoms with Crippen molar-refractivity contribution < 1.29 is 14.9 Å². The second-order valence-electron chi connectivity index (χ2n) is 5.55. The van der Waals surface area contributed by atoms with Gasteiger partial charge in [-0.1, -0.05) is 18.8 Å². The molecule has 4 nitrogen and oxygen atoms in total. The quantitative estimate of drug-likeness (QED) is 0.822. The molecule has 2 N–H and O–H groups in total. The molecule has 1 aromatic carbocycles. The third-order valence-electron chi connectivity index (χ3n) is 3.93. The molecular formula is C17H23NO3. The topological polar surface area (TPSA) is 52.9 Å². The molecule has 114 valence electrons. The molecule has 1 heterocycles. The summed E-state index contributed by atoms with van der Waals surface area (Å²) < 4.78 is 5.42. The van der Waals surface area contributed by atoms with Gasteiger partial charge in [-0.15, -0.1) is 0 Å². The number of hydrogen-bond donors (Lipinski definition) is 2. The first-order valence-electron chi connectivity index (χ1n) is 7.31. The Bertz CT molecular complexity index is 533. The van der Waals surface area contributed by atoms with Crippen molar-refractivity contribution in [1.82, 2.24) is 4.90 Å². The Labute approximate surface area is 126 Å².